The summed E-state index contributed by atoms with van der Waals surface area (Å²) >= 11 is 0. The molecule has 356 valence electrons. The Balaban J connectivity index is 2.45. The Morgan fingerprint density at radius 1 is 0.689 bits per heavy atom. The maximum Gasteiger partial charge on any atom is 0.472 e. The summed E-state index contributed by atoms with van der Waals surface area (Å²) in [5, 5.41) is 49.7. The van der Waals surface area contributed by atoms with Gasteiger partial charge in [-0.05, 0) is 51.4 Å². The number of unbranched alkanes of at least 4 members (excludes halogenated alkanes) is 16. The number of aliphatic hydroxyl groups excluding tert-OH is 5. The van der Waals surface area contributed by atoms with Gasteiger partial charge in [0.25, 0.3) is 0 Å². The van der Waals surface area contributed by atoms with E-state index in [1.165, 1.54) is 57.8 Å². The van der Waals surface area contributed by atoms with Crippen molar-refractivity contribution < 1.29 is 67.9 Å². The summed E-state index contributed by atoms with van der Waals surface area (Å²) in [5.41, 5.74) is 0. The Morgan fingerprint density at radius 2 is 1.23 bits per heavy atom. The van der Waals surface area contributed by atoms with E-state index in [1.54, 1.807) is 12.2 Å². The molecule has 1 aliphatic carbocycles. The number of ketones is 1. The molecule has 0 aliphatic heterocycles. The van der Waals surface area contributed by atoms with Gasteiger partial charge in [0, 0.05) is 43.9 Å². The molecule has 0 bridgehead atoms. The molecule has 1 unspecified atom stereocenters. The number of rotatable bonds is 40. The van der Waals surface area contributed by atoms with Crippen LogP contribution in [-0.2, 0) is 37.5 Å². The van der Waals surface area contributed by atoms with Crippen molar-refractivity contribution in [1.82, 2.24) is 0 Å². The van der Waals surface area contributed by atoms with Crippen LogP contribution in [-0.4, -0.2) is 105 Å². The summed E-state index contributed by atoms with van der Waals surface area (Å²) in [4.78, 5) is 48.1. The van der Waals surface area contributed by atoms with Gasteiger partial charge in [-0.2, -0.15) is 0 Å². The fraction of sp³-hybridized carbons (Fsp3) is 0.848. The number of esters is 2. The van der Waals surface area contributed by atoms with Gasteiger partial charge in [-0.1, -0.05) is 122 Å². The standard InChI is InChI=1S/C46H83O14P/c1-3-5-7-8-9-10-11-12-13-14-15-16-17-18-19-20-22-28-46(54)60-40(36-59-61(55,56)58-34-39(50)33-47)35-57-45(53)27-24-23-26-38(49)31-42-41(43(51)32-44(42)52)30-29-37(48)25-21-6-4-2/h12-13,29-30,37,39-44,47-48,50-52H,3-11,14-28,31-36H2,1-2H3,(H,55,56)/b13-12-,30-29+/t37-,39-,40+,41+,42+,43+,44-/m0/s1. The minimum Gasteiger partial charge on any atom is -0.462 e. The third-order valence-electron chi connectivity index (χ3n) is 11.1. The van der Waals surface area contributed by atoms with E-state index in [4.69, 9.17) is 19.1 Å². The van der Waals surface area contributed by atoms with E-state index < -0.39 is 88.5 Å². The van der Waals surface area contributed by atoms with Crippen LogP contribution in [0.15, 0.2) is 24.3 Å². The molecule has 14 nitrogen and oxygen atoms in total. The van der Waals surface area contributed by atoms with E-state index in [0.717, 1.165) is 51.4 Å². The molecule has 61 heavy (non-hydrogen) atoms. The van der Waals surface area contributed by atoms with Gasteiger partial charge in [-0.15, -0.1) is 0 Å². The first-order chi connectivity index (χ1) is 29.3. The molecule has 6 N–H and O–H groups in total. The molecule has 0 aromatic heterocycles. The lowest BCUT2D eigenvalue weighted by Gasteiger charge is -2.20. The van der Waals surface area contributed by atoms with Crippen molar-refractivity contribution in [3.05, 3.63) is 24.3 Å². The Bertz CT molecular complexity index is 1240. The predicted molar refractivity (Wildman–Crippen MR) is 235 cm³/mol. The van der Waals surface area contributed by atoms with Gasteiger partial charge in [0.05, 0.1) is 38.1 Å². The number of phosphoric acid groups is 1. The van der Waals surface area contributed by atoms with E-state index in [9.17, 15) is 44.3 Å². The fourth-order valence-electron chi connectivity index (χ4n) is 7.34. The molecule has 8 atom stereocenters. The number of carbonyl (C=O) groups is 3. The Morgan fingerprint density at radius 3 is 1.87 bits per heavy atom. The number of hydrogen-bond donors (Lipinski definition) is 6. The average Bonchev–Trinajstić information content (AvgIpc) is 3.49. The molecule has 0 heterocycles. The fourth-order valence-corrected chi connectivity index (χ4v) is 8.13. The molecule has 1 rings (SSSR count). The monoisotopic (exact) mass is 891 g/mol. The van der Waals surface area contributed by atoms with Crippen molar-refractivity contribution in [1.29, 1.82) is 0 Å². The van der Waals surface area contributed by atoms with Gasteiger partial charge >= 0.3 is 19.8 Å². The lowest BCUT2D eigenvalue weighted by molar-refractivity contribution is -0.161. The zero-order chi connectivity index (χ0) is 45.1. The molecular weight excluding hydrogens is 807 g/mol. The highest BCUT2D eigenvalue weighted by atomic mass is 31.2. The van der Waals surface area contributed by atoms with Crippen molar-refractivity contribution in [3.63, 3.8) is 0 Å². The van der Waals surface area contributed by atoms with Crippen LogP contribution in [0, 0.1) is 11.8 Å². The van der Waals surface area contributed by atoms with E-state index in [2.05, 4.69) is 30.5 Å². The normalized spacial score (nSPS) is 20.5. The number of ether oxygens (including phenoxy) is 2. The van der Waals surface area contributed by atoms with E-state index in [0.29, 0.717) is 25.7 Å². The minimum absolute atomic E-state index is 0.0442. The highest BCUT2D eigenvalue weighted by molar-refractivity contribution is 7.47. The molecular formula is C46H83O14P. The molecule has 1 fully saturated rings. The third kappa shape index (κ3) is 30.7. The molecule has 0 aromatic rings. The highest BCUT2D eigenvalue weighted by Gasteiger charge is 2.41. The van der Waals surface area contributed by atoms with E-state index in [1.807, 2.05) is 0 Å². The zero-order valence-corrected chi connectivity index (χ0v) is 38.4. The minimum atomic E-state index is -4.71. The Labute approximate surface area is 366 Å². The summed E-state index contributed by atoms with van der Waals surface area (Å²) in [7, 11) is -4.71. The van der Waals surface area contributed by atoms with Gasteiger partial charge in [-0.3, -0.25) is 23.4 Å². The van der Waals surface area contributed by atoms with Crippen LogP contribution >= 0.6 is 7.82 Å². The van der Waals surface area contributed by atoms with Gasteiger partial charge in [-0.25, -0.2) is 4.57 Å². The molecule has 15 heteroatoms. The molecule has 0 saturated heterocycles. The predicted octanol–water partition coefficient (Wildman–Crippen LogP) is 8.12. The summed E-state index contributed by atoms with van der Waals surface area (Å²) < 4.78 is 32.7. The maximum atomic E-state index is 12.8. The van der Waals surface area contributed by atoms with Crippen LogP contribution in [0.3, 0.4) is 0 Å². The smallest absolute Gasteiger partial charge is 0.462 e. The number of aliphatic hydroxyl groups is 5. The van der Waals surface area contributed by atoms with Crippen LogP contribution in [0.5, 0.6) is 0 Å². The molecule has 0 spiro atoms. The first kappa shape index (κ1) is 57.0. The topological polar surface area (TPSA) is 227 Å². The SMILES string of the molecule is CCCCCCCC/C=C\CCCCCCCCCC(=O)O[C@H](COC(=O)CCCCC(=O)C[C@@H]1[C@@H](/C=C/[C@@H](O)CCCCC)[C@H](O)C[C@@H]1O)COP(=O)(O)OC[C@@H](O)CO. The third-order valence-corrected chi connectivity index (χ3v) is 12.0. The summed E-state index contributed by atoms with van der Waals surface area (Å²) in [6, 6.07) is 0. The molecule has 0 radical (unpaired) electrons. The Kier molecular flexibility index (Phi) is 34.0. The van der Waals surface area contributed by atoms with E-state index in [-0.39, 0.29) is 37.9 Å². The van der Waals surface area contributed by atoms with Gasteiger partial charge in [0.15, 0.2) is 6.10 Å². The van der Waals surface area contributed by atoms with Gasteiger partial charge in [0.2, 0.25) is 0 Å². The van der Waals surface area contributed by atoms with E-state index >= 15 is 0 Å². The van der Waals surface area contributed by atoms with Crippen LogP contribution in [0.2, 0.25) is 0 Å². The quantitative estimate of drug-likeness (QED) is 0.0148. The van der Waals surface area contributed by atoms with Crippen molar-refractivity contribution >= 4 is 25.5 Å². The first-order valence-corrected chi connectivity index (χ1v) is 25.0. The van der Waals surface area contributed by atoms with Crippen LogP contribution < -0.4 is 0 Å². The second kappa shape index (κ2) is 36.4. The number of allylic oxidation sites excluding steroid dienone is 2. The molecule has 0 amide bonds. The summed E-state index contributed by atoms with van der Waals surface area (Å²) in [6.07, 6.45) is 24.8. The largest absolute Gasteiger partial charge is 0.472 e. The maximum absolute atomic E-state index is 12.8. The number of carbonyl (C=O) groups excluding carboxylic acids is 3. The summed E-state index contributed by atoms with van der Waals surface area (Å²) in [6.45, 7) is 1.85. The van der Waals surface area contributed by atoms with Crippen molar-refractivity contribution in [2.45, 2.75) is 211 Å². The lowest BCUT2D eigenvalue weighted by Crippen LogP contribution is -2.29. The number of hydrogen-bond acceptors (Lipinski definition) is 13. The van der Waals surface area contributed by atoms with Crippen LogP contribution in [0.4, 0.5) is 0 Å². The summed E-state index contributed by atoms with van der Waals surface area (Å²) in [5.74, 6) is -2.25. The molecule has 1 aliphatic rings. The van der Waals surface area contributed by atoms with Crippen LogP contribution in [0.25, 0.3) is 0 Å². The second-order valence-electron chi connectivity index (χ2n) is 16.7. The number of Topliss-reactive ketones (excluding diaryl/α,β-unsaturated/α-hetero) is 1. The zero-order valence-electron chi connectivity index (χ0n) is 37.5. The second-order valence-corrected chi connectivity index (χ2v) is 18.2. The van der Waals surface area contributed by atoms with Crippen LogP contribution in [0.1, 0.15) is 181 Å². The van der Waals surface area contributed by atoms with Crippen molar-refractivity contribution in [3.8, 4) is 0 Å². The molecule has 1 saturated carbocycles. The highest BCUT2D eigenvalue weighted by Crippen LogP contribution is 2.43. The Hall–Kier alpha value is -2.00. The number of phosphoric ester groups is 1. The average molecular weight is 891 g/mol. The van der Waals surface area contributed by atoms with Crippen molar-refractivity contribution in [2.75, 3.05) is 26.4 Å². The molecule has 0 aromatic carbocycles. The van der Waals surface area contributed by atoms with Gasteiger partial charge in [0.1, 0.15) is 18.5 Å². The van der Waals surface area contributed by atoms with Gasteiger partial charge < -0.3 is 39.9 Å². The lowest BCUT2D eigenvalue weighted by atomic mass is 9.87. The van der Waals surface area contributed by atoms with Crippen molar-refractivity contribution in [2.24, 2.45) is 11.8 Å². The first-order valence-electron chi connectivity index (χ1n) is 23.5.